The number of guanidine groups is 1. The van der Waals surface area contributed by atoms with Crippen molar-refractivity contribution in [1.82, 2.24) is 20.5 Å². The third kappa shape index (κ3) is 8.60. The Hall–Kier alpha value is -1.94. The molecule has 0 unspecified atom stereocenters. The third-order valence-corrected chi connectivity index (χ3v) is 5.36. The number of hydrogen-bond donors (Lipinski definition) is 2. The number of ether oxygens (including phenoxy) is 1. The van der Waals surface area contributed by atoms with Crippen molar-refractivity contribution in [2.24, 2.45) is 10.9 Å². The number of rotatable bonds is 8. The van der Waals surface area contributed by atoms with Crippen LogP contribution in [0.1, 0.15) is 31.7 Å². The average molecular weight is 541 g/mol. The van der Waals surface area contributed by atoms with Gasteiger partial charge in [-0.1, -0.05) is 13.0 Å². The number of aromatic nitrogens is 1. The summed E-state index contributed by atoms with van der Waals surface area (Å²) in [6.07, 6.45) is 6.88. The second kappa shape index (κ2) is 13.5. The number of nitrogens with one attached hydrogen (secondary N) is 2. The first-order valence-electron chi connectivity index (χ1n) is 10.7. The molecule has 2 heterocycles. The van der Waals surface area contributed by atoms with E-state index in [2.05, 4.69) is 32.4 Å². The maximum Gasteiger partial charge on any atom is 0.191 e. The Bertz CT molecular complexity index is 813. The molecule has 6 nitrogen and oxygen atoms in total. The van der Waals surface area contributed by atoms with Crippen molar-refractivity contribution in [3.63, 3.8) is 0 Å². The van der Waals surface area contributed by atoms with Crippen LogP contribution >= 0.6 is 24.0 Å². The lowest BCUT2D eigenvalue weighted by atomic mass is 9.99. The number of aliphatic imine (C=N–C) groups is 1. The number of hydrogen-bond acceptors (Lipinski definition) is 4. The number of halogens is 2. The van der Waals surface area contributed by atoms with Gasteiger partial charge in [-0.15, -0.1) is 24.0 Å². The van der Waals surface area contributed by atoms with E-state index >= 15 is 0 Å². The van der Waals surface area contributed by atoms with Crippen molar-refractivity contribution in [1.29, 1.82) is 0 Å². The summed E-state index contributed by atoms with van der Waals surface area (Å²) in [5.74, 6) is 1.87. The molecule has 0 spiro atoms. The van der Waals surface area contributed by atoms with Crippen molar-refractivity contribution in [2.75, 3.05) is 33.2 Å². The van der Waals surface area contributed by atoms with Gasteiger partial charge in [0.25, 0.3) is 0 Å². The predicted molar refractivity (Wildman–Crippen MR) is 134 cm³/mol. The fraction of sp³-hybridized carbons (Fsp3) is 0.478. The van der Waals surface area contributed by atoms with E-state index in [9.17, 15) is 4.39 Å². The smallest absolute Gasteiger partial charge is 0.191 e. The highest BCUT2D eigenvalue weighted by molar-refractivity contribution is 14.0. The minimum atomic E-state index is -0.406. The average Bonchev–Trinajstić information content (AvgIpc) is 2.77. The fourth-order valence-electron chi connectivity index (χ4n) is 3.47. The van der Waals surface area contributed by atoms with Crippen LogP contribution in [0.5, 0.6) is 11.5 Å². The first-order valence-corrected chi connectivity index (χ1v) is 10.7. The fourth-order valence-corrected chi connectivity index (χ4v) is 3.47. The molecule has 0 bridgehead atoms. The monoisotopic (exact) mass is 541 g/mol. The molecule has 1 aliphatic rings. The zero-order valence-electron chi connectivity index (χ0n) is 18.3. The van der Waals surface area contributed by atoms with Crippen LogP contribution in [0, 0.1) is 11.7 Å². The number of likely N-dealkylation sites (tertiary alicyclic amines) is 1. The second-order valence-electron chi connectivity index (χ2n) is 7.79. The van der Waals surface area contributed by atoms with Gasteiger partial charge < -0.3 is 20.3 Å². The van der Waals surface area contributed by atoms with Gasteiger partial charge in [0.05, 0.1) is 6.20 Å². The molecule has 0 saturated carbocycles. The largest absolute Gasteiger partial charge is 0.453 e. The third-order valence-electron chi connectivity index (χ3n) is 5.36. The molecule has 2 aromatic rings. The Labute approximate surface area is 201 Å². The topological polar surface area (TPSA) is 61.8 Å². The summed E-state index contributed by atoms with van der Waals surface area (Å²) in [6.45, 7) is 7.20. The molecule has 170 valence electrons. The van der Waals surface area contributed by atoms with Crippen molar-refractivity contribution < 1.29 is 9.13 Å². The Balaban J connectivity index is 0.00000341. The van der Waals surface area contributed by atoms with Crippen LogP contribution in [0.25, 0.3) is 0 Å². The van der Waals surface area contributed by atoms with E-state index < -0.39 is 5.82 Å². The first-order chi connectivity index (χ1) is 14.6. The van der Waals surface area contributed by atoms with Crippen LogP contribution in [0.3, 0.4) is 0 Å². The standard InChI is InChI=1S/C23H32FN5O.HI/c1-18-8-13-29(14-9-18)12-4-11-27-23(25-2)28-16-19-6-7-22(21(24)15-19)30-20-5-3-10-26-17-20;/h3,5-7,10,15,17-18H,4,8-9,11-14,16H2,1-2H3,(H2,25,27,28);1H. The maximum absolute atomic E-state index is 14.4. The molecule has 3 rings (SSSR count). The molecule has 0 amide bonds. The van der Waals surface area contributed by atoms with E-state index in [4.69, 9.17) is 4.74 Å². The SMILES string of the molecule is CN=C(NCCCN1CCC(C)CC1)NCc1ccc(Oc2cccnc2)c(F)c1.I. The van der Waals surface area contributed by atoms with Crippen LogP contribution in [0.4, 0.5) is 4.39 Å². The highest BCUT2D eigenvalue weighted by Gasteiger charge is 2.14. The van der Waals surface area contributed by atoms with Crippen molar-refractivity contribution in [3.05, 3.63) is 54.1 Å². The van der Waals surface area contributed by atoms with E-state index in [0.29, 0.717) is 12.3 Å². The molecule has 2 N–H and O–H groups in total. The lowest BCUT2D eigenvalue weighted by molar-refractivity contribution is 0.191. The first kappa shape index (κ1) is 25.3. The van der Waals surface area contributed by atoms with Gasteiger partial charge in [0.1, 0.15) is 5.75 Å². The minimum absolute atomic E-state index is 0. The number of piperidine rings is 1. The molecule has 31 heavy (non-hydrogen) atoms. The van der Waals surface area contributed by atoms with Crippen LogP contribution in [0.15, 0.2) is 47.7 Å². The molecule has 0 aliphatic carbocycles. The van der Waals surface area contributed by atoms with Crippen LogP contribution in [-0.4, -0.2) is 49.1 Å². The summed E-state index contributed by atoms with van der Waals surface area (Å²) in [7, 11) is 1.74. The van der Waals surface area contributed by atoms with Gasteiger partial charge in [-0.25, -0.2) is 4.39 Å². The second-order valence-corrected chi connectivity index (χ2v) is 7.79. The molecule has 0 atom stereocenters. The minimum Gasteiger partial charge on any atom is -0.453 e. The summed E-state index contributed by atoms with van der Waals surface area (Å²) < 4.78 is 19.9. The van der Waals surface area contributed by atoms with Crippen molar-refractivity contribution in [3.8, 4) is 11.5 Å². The Morgan fingerprint density at radius 2 is 2.06 bits per heavy atom. The summed E-state index contributed by atoms with van der Waals surface area (Å²) >= 11 is 0. The molecular weight excluding hydrogens is 508 g/mol. The predicted octanol–water partition coefficient (Wildman–Crippen LogP) is 4.42. The van der Waals surface area contributed by atoms with Gasteiger partial charge in [-0.2, -0.15) is 0 Å². The van der Waals surface area contributed by atoms with E-state index in [0.717, 1.165) is 37.0 Å². The highest BCUT2D eigenvalue weighted by atomic mass is 127. The molecule has 1 aromatic carbocycles. The number of nitrogens with zero attached hydrogens (tertiary/aromatic N) is 3. The van der Waals surface area contributed by atoms with Crippen molar-refractivity contribution in [2.45, 2.75) is 32.7 Å². The molecule has 0 radical (unpaired) electrons. The van der Waals surface area contributed by atoms with Crippen LogP contribution in [0.2, 0.25) is 0 Å². The van der Waals surface area contributed by atoms with Gasteiger partial charge in [0.2, 0.25) is 0 Å². The van der Waals surface area contributed by atoms with Crippen molar-refractivity contribution >= 4 is 29.9 Å². The van der Waals surface area contributed by atoms with Gasteiger partial charge in [-0.3, -0.25) is 9.98 Å². The Kier molecular flexibility index (Phi) is 11.0. The lowest BCUT2D eigenvalue weighted by Gasteiger charge is -2.30. The Morgan fingerprint density at radius 1 is 1.26 bits per heavy atom. The molecule has 1 aliphatic heterocycles. The summed E-state index contributed by atoms with van der Waals surface area (Å²) in [4.78, 5) is 10.8. The molecule has 8 heteroatoms. The molecular formula is C23H33FIN5O. The zero-order chi connectivity index (χ0) is 21.2. The zero-order valence-corrected chi connectivity index (χ0v) is 20.6. The number of benzene rings is 1. The van der Waals surface area contributed by atoms with E-state index in [-0.39, 0.29) is 29.7 Å². The van der Waals surface area contributed by atoms with Gasteiger partial charge in [0, 0.05) is 26.3 Å². The lowest BCUT2D eigenvalue weighted by Crippen LogP contribution is -2.39. The Morgan fingerprint density at radius 3 is 2.74 bits per heavy atom. The van der Waals surface area contributed by atoms with Crippen LogP contribution in [-0.2, 0) is 6.54 Å². The summed E-state index contributed by atoms with van der Waals surface area (Å²) in [6, 6.07) is 8.44. The maximum atomic E-state index is 14.4. The molecule has 1 aromatic heterocycles. The van der Waals surface area contributed by atoms with Crippen LogP contribution < -0.4 is 15.4 Å². The number of pyridine rings is 1. The van der Waals surface area contributed by atoms with E-state index in [1.165, 1.54) is 32.0 Å². The van der Waals surface area contributed by atoms with Gasteiger partial charge >= 0.3 is 0 Å². The van der Waals surface area contributed by atoms with E-state index in [1.54, 1.807) is 37.6 Å². The normalized spacial score (nSPS) is 15.3. The summed E-state index contributed by atoms with van der Waals surface area (Å²) in [5, 5.41) is 6.57. The van der Waals surface area contributed by atoms with Gasteiger partial charge in [-0.05, 0) is 74.6 Å². The molecule has 1 fully saturated rings. The molecule has 1 saturated heterocycles. The quantitative estimate of drug-likeness (QED) is 0.224. The summed E-state index contributed by atoms with van der Waals surface area (Å²) in [5.41, 5.74) is 0.816. The van der Waals surface area contributed by atoms with Gasteiger partial charge in [0.15, 0.2) is 17.5 Å². The highest BCUT2D eigenvalue weighted by Crippen LogP contribution is 2.24. The van der Waals surface area contributed by atoms with E-state index in [1.807, 2.05) is 6.07 Å².